The van der Waals surface area contributed by atoms with E-state index in [9.17, 15) is 13.6 Å². The Morgan fingerprint density at radius 1 is 1.50 bits per heavy atom. The maximum absolute atomic E-state index is 13.2. The van der Waals surface area contributed by atoms with Gasteiger partial charge in [0.2, 0.25) is 0 Å². The first-order valence-electron chi connectivity index (χ1n) is 5.52. The second kappa shape index (κ2) is 4.80. The Morgan fingerprint density at radius 2 is 2.17 bits per heavy atom. The number of nitrogens with one attached hydrogen (secondary N) is 1. The molecule has 1 fully saturated rings. The summed E-state index contributed by atoms with van der Waals surface area (Å²) in [6, 6.07) is 2.14. The molecule has 1 aliphatic rings. The number of halogens is 2. The van der Waals surface area contributed by atoms with Crippen LogP contribution in [0, 0.1) is 17.6 Å². The fourth-order valence-electron chi connectivity index (χ4n) is 2.08. The zero-order chi connectivity index (χ0) is 13.3. The minimum atomic E-state index is -1.09. The van der Waals surface area contributed by atoms with E-state index in [0.29, 0.717) is 17.9 Å². The average Bonchev–Trinajstić information content (AvgIpc) is 3.08. The summed E-state index contributed by atoms with van der Waals surface area (Å²) in [7, 11) is 1.39. The van der Waals surface area contributed by atoms with Crippen LogP contribution in [0.5, 0.6) is 5.75 Å². The molecule has 1 amide bonds. The second-order valence-electron chi connectivity index (χ2n) is 4.30. The van der Waals surface area contributed by atoms with Gasteiger partial charge in [0.25, 0.3) is 0 Å². The van der Waals surface area contributed by atoms with E-state index in [1.165, 1.54) is 7.11 Å². The van der Waals surface area contributed by atoms with Crippen LogP contribution in [0.25, 0.3) is 0 Å². The van der Waals surface area contributed by atoms with Crippen LogP contribution in [-0.4, -0.2) is 24.9 Å². The molecular formula is C12H13F2NO3. The summed E-state index contributed by atoms with van der Waals surface area (Å²) in [6.45, 7) is 0.308. The van der Waals surface area contributed by atoms with E-state index in [4.69, 9.17) is 9.84 Å². The van der Waals surface area contributed by atoms with Crippen LogP contribution in [-0.2, 0) is 0 Å². The topological polar surface area (TPSA) is 58.6 Å². The zero-order valence-electron chi connectivity index (χ0n) is 9.74. The SMILES string of the molecule is COc1cc(F)c(F)cc1C1CC1CNC(=O)O. The molecule has 2 atom stereocenters. The summed E-state index contributed by atoms with van der Waals surface area (Å²) < 4.78 is 31.2. The van der Waals surface area contributed by atoms with Gasteiger partial charge in [0.1, 0.15) is 5.75 Å². The highest BCUT2D eigenvalue weighted by molar-refractivity contribution is 5.64. The molecule has 98 valence electrons. The van der Waals surface area contributed by atoms with Crippen LogP contribution in [0.1, 0.15) is 17.9 Å². The van der Waals surface area contributed by atoms with E-state index in [0.717, 1.165) is 18.6 Å². The van der Waals surface area contributed by atoms with Crippen LogP contribution in [0.2, 0.25) is 0 Å². The summed E-state index contributed by atoms with van der Waals surface area (Å²) in [5, 5.41) is 10.8. The van der Waals surface area contributed by atoms with Crippen LogP contribution in [0.3, 0.4) is 0 Å². The summed E-state index contributed by atoms with van der Waals surface area (Å²) in [5.41, 5.74) is 0.591. The van der Waals surface area contributed by atoms with Crippen molar-refractivity contribution in [3.63, 3.8) is 0 Å². The van der Waals surface area contributed by atoms with Crippen LogP contribution in [0.4, 0.5) is 13.6 Å². The average molecular weight is 257 g/mol. The Balaban J connectivity index is 2.10. The summed E-state index contributed by atoms with van der Waals surface area (Å²) in [4.78, 5) is 10.4. The summed E-state index contributed by atoms with van der Waals surface area (Å²) in [5.74, 6) is -1.43. The molecule has 1 saturated carbocycles. The van der Waals surface area contributed by atoms with Gasteiger partial charge in [-0.15, -0.1) is 0 Å². The molecule has 2 unspecified atom stereocenters. The van der Waals surface area contributed by atoms with Gasteiger partial charge in [-0.1, -0.05) is 0 Å². The van der Waals surface area contributed by atoms with Crippen molar-refractivity contribution in [2.45, 2.75) is 12.3 Å². The third-order valence-corrected chi connectivity index (χ3v) is 3.11. The number of methoxy groups -OCH3 is 1. The summed E-state index contributed by atoms with van der Waals surface area (Å²) in [6.07, 6.45) is -0.347. The molecule has 0 spiro atoms. The van der Waals surface area contributed by atoms with Gasteiger partial charge in [-0.2, -0.15) is 0 Å². The van der Waals surface area contributed by atoms with Gasteiger partial charge in [0, 0.05) is 18.2 Å². The fraction of sp³-hybridized carbons (Fsp3) is 0.417. The van der Waals surface area contributed by atoms with Gasteiger partial charge < -0.3 is 15.2 Å². The lowest BCUT2D eigenvalue weighted by atomic mass is 10.1. The first-order valence-corrected chi connectivity index (χ1v) is 5.52. The number of hydrogen-bond acceptors (Lipinski definition) is 2. The molecule has 0 saturated heterocycles. The van der Waals surface area contributed by atoms with Gasteiger partial charge in [-0.05, 0) is 24.3 Å². The van der Waals surface area contributed by atoms with Crippen molar-refractivity contribution in [3.05, 3.63) is 29.3 Å². The molecule has 0 heterocycles. The van der Waals surface area contributed by atoms with Crippen molar-refractivity contribution in [2.75, 3.05) is 13.7 Å². The minimum Gasteiger partial charge on any atom is -0.496 e. The molecular weight excluding hydrogens is 244 g/mol. The third kappa shape index (κ3) is 2.52. The van der Waals surface area contributed by atoms with Crippen LogP contribution in [0.15, 0.2) is 12.1 Å². The second-order valence-corrected chi connectivity index (χ2v) is 4.30. The van der Waals surface area contributed by atoms with Gasteiger partial charge in [-0.25, -0.2) is 13.6 Å². The van der Waals surface area contributed by atoms with E-state index in [-0.39, 0.29) is 11.8 Å². The van der Waals surface area contributed by atoms with Crippen molar-refractivity contribution in [1.29, 1.82) is 0 Å². The molecule has 0 aromatic heterocycles. The zero-order valence-corrected chi connectivity index (χ0v) is 9.74. The quantitative estimate of drug-likeness (QED) is 0.870. The Bertz CT molecular complexity index is 479. The molecule has 2 N–H and O–H groups in total. The Labute approximate surface area is 103 Å². The highest BCUT2D eigenvalue weighted by Gasteiger charge is 2.40. The van der Waals surface area contributed by atoms with Crippen molar-refractivity contribution in [3.8, 4) is 5.75 Å². The number of carbonyl (C=O) groups is 1. The molecule has 18 heavy (non-hydrogen) atoms. The van der Waals surface area contributed by atoms with E-state index >= 15 is 0 Å². The highest BCUT2D eigenvalue weighted by Crippen LogP contribution is 2.50. The maximum Gasteiger partial charge on any atom is 0.404 e. The Hall–Kier alpha value is -1.85. The third-order valence-electron chi connectivity index (χ3n) is 3.11. The smallest absolute Gasteiger partial charge is 0.404 e. The number of hydrogen-bond donors (Lipinski definition) is 2. The number of carboxylic acid groups (broad SMARTS) is 1. The first-order chi connectivity index (χ1) is 8.52. The normalized spacial score (nSPS) is 21.5. The van der Waals surface area contributed by atoms with Gasteiger partial charge in [0.05, 0.1) is 7.11 Å². The predicted octanol–water partition coefficient (Wildman–Crippen LogP) is 2.34. The van der Waals surface area contributed by atoms with Crippen molar-refractivity contribution >= 4 is 6.09 Å². The van der Waals surface area contributed by atoms with Gasteiger partial charge in [-0.3, -0.25) is 0 Å². The monoisotopic (exact) mass is 257 g/mol. The number of benzene rings is 1. The van der Waals surface area contributed by atoms with Crippen molar-refractivity contribution < 1.29 is 23.4 Å². The van der Waals surface area contributed by atoms with Gasteiger partial charge >= 0.3 is 6.09 Å². The lowest BCUT2D eigenvalue weighted by Crippen LogP contribution is -2.23. The molecule has 0 bridgehead atoms. The molecule has 4 nitrogen and oxygen atoms in total. The Morgan fingerprint density at radius 3 is 2.78 bits per heavy atom. The molecule has 2 rings (SSSR count). The van der Waals surface area contributed by atoms with Crippen LogP contribution >= 0.6 is 0 Å². The van der Waals surface area contributed by atoms with Gasteiger partial charge in [0.15, 0.2) is 11.6 Å². The van der Waals surface area contributed by atoms with Crippen molar-refractivity contribution in [1.82, 2.24) is 5.32 Å². The molecule has 0 aliphatic heterocycles. The summed E-state index contributed by atoms with van der Waals surface area (Å²) >= 11 is 0. The highest BCUT2D eigenvalue weighted by atomic mass is 19.2. The largest absolute Gasteiger partial charge is 0.496 e. The van der Waals surface area contributed by atoms with Crippen molar-refractivity contribution in [2.24, 2.45) is 5.92 Å². The number of amides is 1. The molecule has 1 aromatic rings. The first kappa shape index (κ1) is 12.6. The number of ether oxygens (including phenoxy) is 1. The fourth-order valence-corrected chi connectivity index (χ4v) is 2.08. The van der Waals surface area contributed by atoms with E-state index < -0.39 is 17.7 Å². The standard InChI is InChI=1S/C12H13F2NO3/c1-18-11-4-10(14)9(13)3-8(11)7-2-6(7)5-15-12(16)17/h3-4,6-7,15H,2,5H2,1H3,(H,16,17). The van der Waals surface area contributed by atoms with E-state index in [2.05, 4.69) is 5.32 Å². The van der Waals surface area contributed by atoms with Crippen LogP contribution < -0.4 is 10.1 Å². The molecule has 1 aromatic carbocycles. The lowest BCUT2D eigenvalue weighted by molar-refractivity contribution is 0.194. The van der Waals surface area contributed by atoms with E-state index in [1.807, 2.05) is 0 Å². The lowest BCUT2D eigenvalue weighted by Gasteiger charge is -2.09. The molecule has 1 aliphatic carbocycles. The van der Waals surface area contributed by atoms with E-state index in [1.54, 1.807) is 0 Å². The maximum atomic E-state index is 13.2. The molecule has 0 radical (unpaired) electrons. The minimum absolute atomic E-state index is 0.0156. The Kier molecular flexibility index (Phi) is 3.36. The predicted molar refractivity (Wildman–Crippen MR) is 59.8 cm³/mol. The molecule has 6 heteroatoms. The number of rotatable bonds is 4.